The van der Waals surface area contributed by atoms with Crippen LogP contribution in [0.4, 0.5) is 15.8 Å². The van der Waals surface area contributed by atoms with E-state index in [1.807, 2.05) is 6.92 Å². The smallest absolute Gasteiger partial charge is 0.262 e. The Labute approximate surface area is 117 Å². The molecular weight excluding hydrogens is 279 g/mol. The van der Waals surface area contributed by atoms with E-state index < -0.39 is 15.8 Å². The molecule has 0 atom stereocenters. The Morgan fingerprint density at radius 2 is 1.80 bits per heavy atom. The van der Waals surface area contributed by atoms with Gasteiger partial charge in [0.25, 0.3) is 10.0 Å². The van der Waals surface area contributed by atoms with Gasteiger partial charge in [-0.3, -0.25) is 4.72 Å². The minimum absolute atomic E-state index is 0.143. The summed E-state index contributed by atoms with van der Waals surface area (Å²) < 4.78 is 40.0. The van der Waals surface area contributed by atoms with Crippen LogP contribution in [0.15, 0.2) is 47.4 Å². The van der Waals surface area contributed by atoms with Crippen LogP contribution in [-0.2, 0) is 16.4 Å². The summed E-state index contributed by atoms with van der Waals surface area (Å²) in [4.78, 5) is 0.143. The van der Waals surface area contributed by atoms with E-state index in [1.165, 1.54) is 30.3 Å². The van der Waals surface area contributed by atoms with Crippen LogP contribution in [0, 0.1) is 5.82 Å². The molecule has 0 radical (unpaired) electrons. The Morgan fingerprint density at radius 1 is 1.15 bits per heavy atom. The maximum atomic E-state index is 12.8. The van der Waals surface area contributed by atoms with Crippen LogP contribution in [0.2, 0.25) is 0 Å². The van der Waals surface area contributed by atoms with Crippen LogP contribution in [0.5, 0.6) is 0 Å². The van der Waals surface area contributed by atoms with Crippen molar-refractivity contribution in [3.05, 3.63) is 53.8 Å². The number of rotatable bonds is 4. The van der Waals surface area contributed by atoms with E-state index in [1.54, 1.807) is 12.1 Å². The molecule has 0 saturated carbocycles. The molecule has 2 rings (SSSR count). The third kappa shape index (κ3) is 3.08. The molecule has 106 valence electrons. The van der Waals surface area contributed by atoms with Crippen molar-refractivity contribution in [3.8, 4) is 0 Å². The maximum Gasteiger partial charge on any atom is 0.262 e. The van der Waals surface area contributed by atoms with Gasteiger partial charge in [0.05, 0.1) is 4.90 Å². The molecule has 0 heterocycles. The van der Waals surface area contributed by atoms with Crippen LogP contribution >= 0.6 is 0 Å². The summed E-state index contributed by atoms with van der Waals surface area (Å²) in [7, 11) is -3.74. The molecule has 3 N–H and O–H groups in total. The summed E-state index contributed by atoms with van der Waals surface area (Å²) in [5, 5.41) is 0. The van der Waals surface area contributed by atoms with E-state index in [0.29, 0.717) is 23.4 Å². The fourth-order valence-electron chi connectivity index (χ4n) is 1.84. The SMILES string of the molecule is CCc1ccc(N)cc1S(=O)(=O)Nc1ccc(F)cc1. The average Bonchev–Trinajstić information content (AvgIpc) is 2.41. The van der Waals surface area contributed by atoms with Gasteiger partial charge in [0, 0.05) is 11.4 Å². The van der Waals surface area contributed by atoms with E-state index in [4.69, 9.17) is 5.73 Å². The second kappa shape index (κ2) is 5.50. The van der Waals surface area contributed by atoms with Gasteiger partial charge in [0.1, 0.15) is 5.82 Å². The van der Waals surface area contributed by atoms with E-state index in [0.717, 1.165) is 0 Å². The lowest BCUT2D eigenvalue weighted by atomic mass is 10.1. The Balaban J connectivity index is 2.40. The molecule has 0 aliphatic heterocycles. The zero-order valence-electron chi connectivity index (χ0n) is 10.9. The summed E-state index contributed by atoms with van der Waals surface area (Å²) in [6, 6.07) is 9.89. The molecule has 0 bridgehead atoms. The first-order chi connectivity index (χ1) is 9.42. The quantitative estimate of drug-likeness (QED) is 0.852. The van der Waals surface area contributed by atoms with Crippen molar-refractivity contribution in [1.82, 2.24) is 0 Å². The predicted octanol–water partition coefficient (Wildman–Crippen LogP) is 2.77. The Kier molecular flexibility index (Phi) is 3.94. The van der Waals surface area contributed by atoms with Crippen molar-refractivity contribution < 1.29 is 12.8 Å². The third-order valence-corrected chi connectivity index (χ3v) is 4.32. The van der Waals surface area contributed by atoms with Gasteiger partial charge in [0.2, 0.25) is 0 Å². The van der Waals surface area contributed by atoms with E-state index in [2.05, 4.69) is 4.72 Å². The second-order valence-corrected chi connectivity index (χ2v) is 5.98. The zero-order chi connectivity index (χ0) is 14.8. The summed E-state index contributed by atoms with van der Waals surface area (Å²) >= 11 is 0. The molecule has 0 aliphatic carbocycles. The number of aryl methyl sites for hydroxylation is 1. The highest BCUT2D eigenvalue weighted by atomic mass is 32.2. The van der Waals surface area contributed by atoms with Crippen molar-refractivity contribution in [2.45, 2.75) is 18.2 Å². The number of nitrogen functional groups attached to an aromatic ring is 1. The molecule has 2 aromatic rings. The van der Waals surface area contributed by atoms with Crippen LogP contribution in [-0.4, -0.2) is 8.42 Å². The summed E-state index contributed by atoms with van der Waals surface area (Å²) in [6.07, 6.45) is 0.569. The van der Waals surface area contributed by atoms with Gasteiger partial charge in [-0.1, -0.05) is 13.0 Å². The number of halogens is 1. The number of anilines is 2. The molecule has 20 heavy (non-hydrogen) atoms. The van der Waals surface area contributed by atoms with Crippen LogP contribution in [0.25, 0.3) is 0 Å². The highest BCUT2D eigenvalue weighted by Gasteiger charge is 2.18. The van der Waals surface area contributed by atoms with Crippen molar-refractivity contribution in [2.75, 3.05) is 10.5 Å². The highest BCUT2D eigenvalue weighted by Crippen LogP contribution is 2.22. The zero-order valence-corrected chi connectivity index (χ0v) is 11.7. The lowest BCUT2D eigenvalue weighted by Gasteiger charge is -2.12. The van der Waals surface area contributed by atoms with Gasteiger partial charge in [-0.2, -0.15) is 0 Å². The number of nitrogens with one attached hydrogen (secondary N) is 1. The van der Waals surface area contributed by atoms with Gasteiger partial charge >= 0.3 is 0 Å². The Bertz CT molecular complexity index is 712. The Morgan fingerprint density at radius 3 is 2.40 bits per heavy atom. The van der Waals surface area contributed by atoms with Crippen molar-refractivity contribution in [2.24, 2.45) is 0 Å². The lowest BCUT2D eigenvalue weighted by molar-refractivity contribution is 0.600. The molecular formula is C14H15FN2O2S. The molecule has 0 unspecified atom stereocenters. The van der Waals surface area contributed by atoms with Gasteiger partial charge in [-0.25, -0.2) is 12.8 Å². The maximum absolute atomic E-state index is 12.8. The fraction of sp³-hybridized carbons (Fsp3) is 0.143. The monoisotopic (exact) mass is 294 g/mol. The van der Waals surface area contributed by atoms with Crippen molar-refractivity contribution in [1.29, 1.82) is 0 Å². The number of hydrogen-bond donors (Lipinski definition) is 2. The molecule has 0 aliphatic rings. The van der Waals surface area contributed by atoms with Crippen molar-refractivity contribution in [3.63, 3.8) is 0 Å². The molecule has 0 amide bonds. The number of hydrogen-bond acceptors (Lipinski definition) is 3. The van der Waals surface area contributed by atoms with Crippen molar-refractivity contribution >= 4 is 21.4 Å². The second-order valence-electron chi connectivity index (χ2n) is 4.33. The number of benzene rings is 2. The first kappa shape index (κ1) is 14.3. The minimum atomic E-state index is -3.74. The summed E-state index contributed by atoms with van der Waals surface area (Å²) in [5.41, 5.74) is 7.00. The molecule has 2 aromatic carbocycles. The molecule has 6 heteroatoms. The molecule has 0 fully saturated rings. The van der Waals surface area contributed by atoms with E-state index in [9.17, 15) is 12.8 Å². The van der Waals surface area contributed by atoms with Crippen LogP contribution < -0.4 is 10.5 Å². The average molecular weight is 294 g/mol. The number of nitrogens with two attached hydrogens (primary N) is 1. The normalized spacial score (nSPS) is 11.3. The first-order valence-corrected chi connectivity index (χ1v) is 7.57. The summed E-state index contributed by atoms with van der Waals surface area (Å²) in [6.45, 7) is 1.86. The van der Waals surface area contributed by atoms with Crippen LogP contribution in [0.1, 0.15) is 12.5 Å². The van der Waals surface area contributed by atoms with Gasteiger partial charge < -0.3 is 5.73 Å². The molecule has 0 saturated heterocycles. The number of sulfonamides is 1. The van der Waals surface area contributed by atoms with Crippen LogP contribution in [0.3, 0.4) is 0 Å². The summed E-state index contributed by atoms with van der Waals surface area (Å²) in [5.74, 6) is -0.425. The fourth-order valence-corrected chi connectivity index (χ4v) is 3.25. The molecule has 0 aromatic heterocycles. The highest BCUT2D eigenvalue weighted by molar-refractivity contribution is 7.92. The largest absolute Gasteiger partial charge is 0.399 e. The Hall–Kier alpha value is -2.08. The van der Waals surface area contributed by atoms with Gasteiger partial charge in [-0.15, -0.1) is 0 Å². The first-order valence-electron chi connectivity index (χ1n) is 6.09. The standard InChI is InChI=1S/C14H15FN2O2S/c1-2-10-3-6-12(16)9-14(10)20(18,19)17-13-7-4-11(15)5-8-13/h3-9,17H,2,16H2,1H3. The minimum Gasteiger partial charge on any atom is -0.399 e. The topological polar surface area (TPSA) is 72.2 Å². The third-order valence-electron chi connectivity index (χ3n) is 2.86. The molecule has 4 nitrogen and oxygen atoms in total. The molecule has 0 spiro atoms. The predicted molar refractivity (Wildman–Crippen MR) is 77.4 cm³/mol. The van der Waals surface area contributed by atoms with E-state index >= 15 is 0 Å². The van der Waals surface area contributed by atoms with Gasteiger partial charge in [-0.05, 0) is 48.4 Å². The van der Waals surface area contributed by atoms with Gasteiger partial charge in [0.15, 0.2) is 0 Å². The van der Waals surface area contributed by atoms with E-state index in [-0.39, 0.29) is 4.90 Å². The lowest BCUT2D eigenvalue weighted by Crippen LogP contribution is -2.15.